The minimum atomic E-state index is -5.20. The molecule has 1 saturated carbocycles. The molecule has 0 amide bonds. The summed E-state index contributed by atoms with van der Waals surface area (Å²) in [6, 6.07) is 0. The van der Waals surface area contributed by atoms with Crippen LogP contribution in [0.5, 0.6) is 0 Å². The summed E-state index contributed by atoms with van der Waals surface area (Å²) >= 11 is 0. The molecule has 1 spiro atoms. The van der Waals surface area contributed by atoms with Gasteiger partial charge in [0, 0.05) is 12.3 Å². The largest absolute Gasteiger partial charge is 0.446 e. The molecule has 0 radical (unpaired) electrons. The first kappa shape index (κ1) is 17.9. The van der Waals surface area contributed by atoms with Crippen molar-refractivity contribution in [3.63, 3.8) is 0 Å². The summed E-state index contributed by atoms with van der Waals surface area (Å²) in [6.45, 7) is 4.52. The number of rotatable bonds is 0. The highest BCUT2D eigenvalue weighted by atomic mass is 19.4. The molecule has 4 saturated heterocycles. The van der Waals surface area contributed by atoms with Gasteiger partial charge in [-0.15, -0.1) is 0 Å². The summed E-state index contributed by atoms with van der Waals surface area (Å²) in [5.41, 5.74) is -4.01. The van der Waals surface area contributed by atoms with Crippen LogP contribution in [0.3, 0.4) is 0 Å². The maximum atomic E-state index is 13.7. The highest BCUT2D eigenvalue weighted by Gasteiger charge is 2.81. The van der Waals surface area contributed by atoms with Crippen molar-refractivity contribution in [3.05, 3.63) is 0 Å². The number of hydrogen-bond acceptors (Lipinski definition) is 6. The van der Waals surface area contributed by atoms with Crippen molar-refractivity contribution in [2.24, 2.45) is 17.8 Å². The fraction of sp³-hybridized carbons (Fsp3) is 1.00. The number of aliphatic hydroxyl groups is 2. The molecule has 1 aliphatic carbocycles. The Balaban J connectivity index is 1.89. The molecular weight excluding hydrogens is 345 g/mol. The van der Waals surface area contributed by atoms with Gasteiger partial charge in [0.05, 0.1) is 0 Å². The molecular formula is C16H23F3O6. The van der Waals surface area contributed by atoms with Gasteiger partial charge in [0.1, 0.15) is 5.60 Å². The summed E-state index contributed by atoms with van der Waals surface area (Å²) in [5.74, 6) is -6.16. The molecule has 8 atom stereocenters. The van der Waals surface area contributed by atoms with E-state index in [-0.39, 0.29) is 18.3 Å². The minimum Gasteiger partial charge on any atom is -0.384 e. The fourth-order valence-corrected chi connectivity index (χ4v) is 5.29. The second kappa shape index (κ2) is 4.88. The smallest absolute Gasteiger partial charge is 0.384 e. The zero-order valence-electron chi connectivity index (χ0n) is 14.3. The lowest BCUT2D eigenvalue weighted by Gasteiger charge is -2.64. The van der Waals surface area contributed by atoms with E-state index in [4.69, 9.17) is 19.2 Å². The summed E-state index contributed by atoms with van der Waals surface area (Å²) in [4.78, 5) is 11.1. The fourth-order valence-electron chi connectivity index (χ4n) is 5.29. The quantitative estimate of drug-likeness (QED) is 0.639. The van der Waals surface area contributed by atoms with E-state index in [1.807, 2.05) is 6.92 Å². The van der Waals surface area contributed by atoms with Crippen molar-refractivity contribution in [1.29, 1.82) is 0 Å². The Morgan fingerprint density at radius 1 is 1.00 bits per heavy atom. The van der Waals surface area contributed by atoms with Crippen molar-refractivity contribution in [3.8, 4) is 0 Å². The van der Waals surface area contributed by atoms with E-state index in [0.717, 1.165) is 6.92 Å². The van der Waals surface area contributed by atoms with Crippen LogP contribution in [-0.2, 0) is 19.2 Å². The first-order chi connectivity index (χ1) is 11.4. The first-order valence-electron chi connectivity index (χ1n) is 8.61. The SMILES string of the molecule is C[C@@H]1CC[C@@H]2C34OOC(C)(CC[C@@H]13)O[C@H]4OC(O)(C(F)(F)F)C2(C)O. The van der Waals surface area contributed by atoms with Gasteiger partial charge in [-0.3, -0.25) is 0 Å². The van der Waals surface area contributed by atoms with E-state index in [2.05, 4.69) is 0 Å². The Morgan fingerprint density at radius 3 is 2.32 bits per heavy atom. The molecule has 2 N–H and O–H groups in total. The molecule has 5 rings (SSSR count). The molecule has 4 aliphatic heterocycles. The van der Waals surface area contributed by atoms with E-state index in [1.54, 1.807) is 6.92 Å². The predicted octanol–water partition coefficient (Wildman–Crippen LogP) is 2.23. The highest BCUT2D eigenvalue weighted by molar-refractivity contribution is 5.17. The third-order valence-electron chi connectivity index (χ3n) is 6.74. The number of ether oxygens (including phenoxy) is 2. The molecule has 4 heterocycles. The van der Waals surface area contributed by atoms with Crippen LogP contribution < -0.4 is 0 Å². The van der Waals surface area contributed by atoms with Gasteiger partial charge >= 0.3 is 6.18 Å². The van der Waals surface area contributed by atoms with E-state index in [0.29, 0.717) is 19.3 Å². The molecule has 9 heteroatoms. The van der Waals surface area contributed by atoms with Crippen LogP contribution in [0.15, 0.2) is 0 Å². The van der Waals surface area contributed by atoms with Crippen molar-refractivity contribution in [2.45, 2.75) is 81.7 Å². The van der Waals surface area contributed by atoms with Crippen molar-refractivity contribution >= 4 is 0 Å². The third kappa shape index (κ3) is 2.02. The molecule has 5 fully saturated rings. The van der Waals surface area contributed by atoms with E-state index in [1.165, 1.54) is 0 Å². The summed E-state index contributed by atoms with van der Waals surface area (Å²) < 4.78 is 51.8. The maximum Gasteiger partial charge on any atom is 0.446 e. The van der Waals surface area contributed by atoms with Crippen LogP contribution in [-0.4, -0.2) is 45.5 Å². The van der Waals surface area contributed by atoms with E-state index in [9.17, 15) is 23.4 Å². The monoisotopic (exact) mass is 368 g/mol. The molecule has 6 nitrogen and oxygen atoms in total. The lowest BCUT2D eigenvalue weighted by atomic mass is 9.55. The van der Waals surface area contributed by atoms with Crippen LogP contribution in [0, 0.1) is 17.8 Å². The molecule has 2 bridgehead atoms. The Labute approximate surface area is 143 Å². The van der Waals surface area contributed by atoms with Gasteiger partial charge in [0.15, 0.2) is 11.9 Å². The first-order valence-corrected chi connectivity index (χ1v) is 8.61. The Kier molecular flexibility index (Phi) is 3.50. The van der Waals surface area contributed by atoms with Gasteiger partial charge in [-0.2, -0.15) is 13.2 Å². The van der Waals surface area contributed by atoms with Crippen LogP contribution in [0.1, 0.15) is 46.5 Å². The molecule has 0 aromatic rings. The minimum absolute atomic E-state index is 0.128. The molecule has 5 aliphatic rings. The standard InChI is InChI=1S/C16H23F3O6/c1-8-4-5-10-13(3,20)15(21,16(17,18)19)23-11-14(10)9(8)6-7-12(2,22-11)24-25-14/h8-11,20-21H,4-7H2,1-3H3/t8-,9+,10+,11+,12?,13?,14?,15?/m1/s1. The van der Waals surface area contributed by atoms with Gasteiger partial charge in [-0.1, -0.05) is 6.92 Å². The Hall–Kier alpha value is -0.450. The van der Waals surface area contributed by atoms with Crippen LogP contribution in [0.4, 0.5) is 13.2 Å². The second-order valence-corrected chi connectivity index (χ2v) is 8.26. The molecule has 4 unspecified atom stereocenters. The van der Waals surface area contributed by atoms with E-state index < -0.39 is 41.2 Å². The van der Waals surface area contributed by atoms with E-state index >= 15 is 0 Å². The van der Waals surface area contributed by atoms with Crippen LogP contribution in [0.2, 0.25) is 0 Å². The highest BCUT2D eigenvalue weighted by Crippen LogP contribution is 2.64. The maximum absolute atomic E-state index is 13.7. The third-order valence-corrected chi connectivity index (χ3v) is 6.74. The molecule has 144 valence electrons. The van der Waals surface area contributed by atoms with Crippen molar-refractivity contribution < 1.29 is 42.6 Å². The molecule has 0 aromatic carbocycles. The number of hydrogen-bond donors (Lipinski definition) is 2. The lowest BCUT2D eigenvalue weighted by Crippen LogP contribution is -2.81. The topological polar surface area (TPSA) is 77.4 Å². The average Bonchev–Trinajstić information content (AvgIpc) is 2.70. The van der Waals surface area contributed by atoms with Crippen molar-refractivity contribution in [1.82, 2.24) is 0 Å². The van der Waals surface area contributed by atoms with Gasteiger partial charge in [0.25, 0.3) is 5.79 Å². The molecule has 0 aromatic heterocycles. The second-order valence-electron chi connectivity index (χ2n) is 8.26. The molecule has 25 heavy (non-hydrogen) atoms. The number of fused-ring (bicyclic) bond motifs is 2. The lowest BCUT2D eigenvalue weighted by molar-refractivity contribution is -0.607. The Morgan fingerprint density at radius 2 is 1.68 bits per heavy atom. The predicted molar refractivity (Wildman–Crippen MR) is 75.5 cm³/mol. The summed E-state index contributed by atoms with van der Waals surface area (Å²) in [5, 5.41) is 21.2. The van der Waals surface area contributed by atoms with Gasteiger partial charge < -0.3 is 19.7 Å². The summed E-state index contributed by atoms with van der Waals surface area (Å²) in [6.07, 6.45) is -4.83. The van der Waals surface area contributed by atoms with Crippen LogP contribution >= 0.6 is 0 Å². The average molecular weight is 368 g/mol. The van der Waals surface area contributed by atoms with Gasteiger partial charge in [-0.25, -0.2) is 9.78 Å². The van der Waals surface area contributed by atoms with Crippen molar-refractivity contribution in [2.75, 3.05) is 0 Å². The summed E-state index contributed by atoms with van der Waals surface area (Å²) in [7, 11) is 0. The normalized spacial score (nSPS) is 58.6. The Bertz CT molecular complexity index is 583. The zero-order chi connectivity index (χ0) is 18.5. The number of halogens is 3. The van der Waals surface area contributed by atoms with Gasteiger partial charge in [0.2, 0.25) is 5.79 Å². The van der Waals surface area contributed by atoms with Gasteiger partial charge in [-0.05, 0) is 44.9 Å². The van der Waals surface area contributed by atoms with Crippen LogP contribution in [0.25, 0.3) is 0 Å². The number of alkyl halides is 3. The zero-order valence-corrected chi connectivity index (χ0v) is 14.3.